The molecule has 2 amide bonds. The van der Waals surface area contributed by atoms with E-state index in [1.165, 1.54) is 0 Å². The average Bonchev–Trinajstić information content (AvgIpc) is 2.97. The number of aliphatic carboxylic acids is 1. The van der Waals surface area contributed by atoms with Crippen LogP contribution in [0.25, 0.3) is 0 Å². The Labute approximate surface area is 136 Å². The van der Waals surface area contributed by atoms with Crippen molar-refractivity contribution < 1.29 is 19.5 Å². The summed E-state index contributed by atoms with van der Waals surface area (Å²) in [6.45, 7) is 4.54. The van der Waals surface area contributed by atoms with Crippen molar-refractivity contribution in [1.29, 1.82) is 0 Å². The molecule has 0 saturated carbocycles. The average molecular weight is 331 g/mol. The van der Waals surface area contributed by atoms with E-state index >= 15 is 0 Å². The second-order valence-electron chi connectivity index (χ2n) is 5.92. The zero-order valence-electron chi connectivity index (χ0n) is 13.0. The standard InChI is InChI=1S/C14H25N3O4S/c1-8(2)6-10(14(20)21)16-13(19)11(7-22)17-12(18)9-4-3-5-15-9/h8-11,15,22H,3-7H2,1-2H3,(H,16,19)(H,17,18)(H,20,21)/t9-,10-,11-/m0/s1. The Morgan fingerprint density at radius 2 is 1.95 bits per heavy atom. The highest BCUT2D eigenvalue weighted by Crippen LogP contribution is 2.07. The maximum Gasteiger partial charge on any atom is 0.326 e. The van der Waals surface area contributed by atoms with Crippen LogP contribution in [0.3, 0.4) is 0 Å². The molecule has 1 aliphatic heterocycles. The van der Waals surface area contributed by atoms with E-state index in [4.69, 9.17) is 5.11 Å². The third kappa shape index (κ3) is 5.84. The Bertz CT molecular complexity index is 411. The van der Waals surface area contributed by atoms with E-state index in [1.807, 2.05) is 13.8 Å². The predicted molar refractivity (Wildman–Crippen MR) is 85.8 cm³/mol. The monoisotopic (exact) mass is 331 g/mol. The molecule has 0 aromatic rings. The Kier molecular flexibility index (Phi) is 7.67. The van der Waals surface area contributed by atoms with Crippen molar-refractivity contribution >= 4 is 30.4 Å². The Hall–Kier alpha value is -1.28. The van der Waals surface area contributed by atoms with Crippen molar-refractivity contribution in [3.05, 3.63) is 0 Å². The smallest absolute Gasteiger partial charge is 0.326 e. The third-order valence-corrected chi connectivity index (χ3v) is 3.88. The van der Waals surface area contributed by atoms with E-state index < -0.39 is 24.0 Å². The SMILES string of the molecule is CC(C)C[C@H](NC(=O)[C@H](CS)NC(=O)[C@@H]1CCCN1)C(=O)O. The van der Waals surface area contributed by atoms with Gasteiger partial charge in [0.25, 0.3) is 0 Å². The molecule has 0 spiro atoms. The molecule has 3 atom stereocenters. The van der Waals surface area contributed by atoms with Crippen LogP contribution >= 0.6 is 12.6 Å². The predicted octanol–water partition coefficient (Wildman–Crippen LogP) is -0.231. The molecular formula is C14H25N3O4S. The summed E-state index contributed by atoms with van der Waals surface area (Å²) in [5.41, 5.74) is 0. The highest BCUT2D eigenvalue weighted by atomic mass is 32.1. The van der Waals surface area contributed by atoms with Crippen LogP contribution in [0.1, 0.15) is 33.1 Å². The fraction of sp³-hybridized carbons (Fsp3) is 0.786. The van der Waals surface area contributed by atoms with Gasteiger partial charge >= 0.3 is 5.97 Å². The van der Waals surface area contributed by atoms with Crippen molar-refractivity contribution in [3.63, 3.8) is 0 Å². The maximum absolute atomic E-state index is 12.2. The van der Waals surface area contributed by atoms with Gasteiger partial charge in [-0.15, -0.1) is 0 Å². The Morgan fingerprint density at radius 3 is 2.41 bits per heavy atom. The van der Waals surface area contributed by atoms with Gasteiger partial charge in [-0.1, -0.05) is 13.8 Å². The summed E-state index contributed by atoms with van der Waals surface area (Å²) in [5, 5.41) is 17.3. The van der Waals surface area contributed by atoms with Crippen LogP contribution in [0.15, 0.2) is 0 Å². The lowest BCUT2D eigenvalue weighted by molar-refractivity contribution is -0.142. The summed E-state index contributed by atoms with van der Waals surface area (Å²) in [5.74, 6) is -1.60. The number of hydrogen-bond acceptors (Lipinski definition) is 5. The van der Waals surface area contributed by atoms with E-state index in [1.54, 1.807) is 0 Å². The molecule has 0 bridgehead atoms. The lowest BCUT2D eigenvalue weighted by atomic mass is 10.0. The van der Waals surface area contributed by atoms with Gasteiger partial charge < -0.3 is 21.1 Å². The van der Waals surface area contributed by atoms with Gasteiger partial charge in [0.15, 0.2) is 0 Å². The molecular weight excluding hydrogens is 306 g/mol. The van der Waals surface area contributed by atoms with Gasteiger partial charge in [-0.25, -0.2) is 4.79 Å². The number of carbonyl (C=O) groups excluding carboxylic acids is 2. The highest BCUT2D eigenvalue weighted by Gasteiger charge is 2.29. The number of carboxylic acid groups (broad SMARTS) is 1. The van der Waals surface area contributed by atoms with Crippen molar-refractivity contribution in [2.75, 3.05) is 12.3 Å². The first-order chi connectivity index (χ1) is 10.3. The second kappa shape index (κ2) is 8.99. The molecule has 22 heavy (non-hydrogen) atoms. The molecule has 0 aromatic carbocycles. The van der Waals surface area contributed by atoms with Crippen molar-refractivity contribution in [2.45, 2.75) is 51.2 Å². The first kappa shape index (κ1) is 18.8. The van der Waals surface area contributed by atoms with Crippen LogP contribution < -0.4 is 16.0 Å². The molecule has 7 nitrogen and oxygen atoms in total. The molecule has 1 fully saturated rings. The van der Waals surface area contributed by atoms with Gasteiger partial charge in [0, 0.05) is 5.75 Å². The second-order valence-corrected chi connectivity index (χ2v) is 6.29. The molecule has 1 aliphatic rings. The van der Waals surface area contributed by atoms with Crippen LogP contribution in [0.4, 0.5) is 0 Å². The third-order valence-electron chi connectivity index (χ3n) is 3.51. The molecule has 0 radical (unpaired) electrons. The molecule has 4 N–H and O–H groups in total. The van der Waals surface area contributed by atoms with Crippen molar-refractivity contribution in [2.24, 2.45) is 5.92 Å². The fourth-order valence-corrected chi connectivity index (χ4v) is 2.60. The maximum atomic E-state index is 12.2. The Balaban J connectivity index is 2.58. The van der Waals surface area contributed by atoms with Crippen LogP contribution in [0, 0.1) is 5.92 Å². The summed E-state index contributed by atoms with van der Waals surface area (Å²) in [6.07, 6.45) is 1.99. The topological polar surface area (TPSA) is 108 Å². The number of amides is 2. The molecule has 126 valence electrons. The number of rotatable bonds is 8. The molecule has 1 saturated heterocycles. The largest absolute Gasteiger partial charge is 0.480 e. The first-order valence-corrected chi connectivity index (χ1v) is 8.16. The van der Waals surface area contributed by atoms with E-state index in [9.17, 15) is 14.4 Å². The molecule has 0 unspecified atom stereocenters. The van der Waals surface area contributed by atoms with Crippen LogP contribution in [0.5, 0.6) is 0 Å². The summed E-state index contributed by atoms with van der Waals surface area (Å²) >= 11 is 4.07. The van der Waals surface area contributed by atoms with Crippen molar-refractivity contribution in [3.8, 4) is 0 Å². The number of nitrogens with one attached hydrogen (secondary N) is 3. The van der Waals surface area contributed by atoms with Crippen LogP contribution in [-0.2, 0) is 14.4 Å². The van der Waals surface area contributed by atoms with Gasteiger partial charge in [0.1, 0.15) is 12.1 Å². The quantitative estimate of drug-likeness (QED) is 0.395. The first-order valence-electron chi connectivity index (χ1n) is 7.53. The number of thiol groups is 1. The molecule has 1 heterocycles. The summed E-state index contributed by atoms with van der Waals surface area (Å²) in [4.78, 5) is 35.4. The lowest BCUT2D eigenvalue weighted by Crippen LogP contribution is -2.55. The molecule has 8 heteroatoms. The van der Waals surface area contributed by atoms with E-state index in [2.05, 4.69) is 28.6 Å². The van der Waals surface area contributed by atoms with Gasteiger partial charge in [0.2, 0.25) is 11.8 Å². The number of hydrogen-bond donors (Lipinski definition) is 5. The lowest BCUT2D eigenvalue weighted by Gasteiger charge is -2.22. The van der Waals surface area contributed by atoms with Gasteiger partial charge in [-0.2, -0.15) is 12.6 Å². The van der Waals surface area contributed by atoms with Crippen LogP contribution in [0.2, 0.25) is 0 Å². The Morgan fingerprint density at radius 1 is 1.27 bits per heavy atom. The van der Waals surface area contributed by atoms with Crippen LogP contribution in [-0.4, -0.2) is 53.3 Å². The van der Waals surface area contributed by atoms with E-state index in [-0.39, 0.29) is 23.6 Å². The van der Waals surface area contributed by atoms with Gasteiger partial charge in [-0.3, -0.25) is 9.59 Å². The minimum Gasteiger partial charge on any atom is -0.480 e. The molecule has 0 aliphatic carbocycles. The number of carboxylic acids is 1. The molecule has 0 aromatic heterocycles. The fourth-order valence-electron chi connectivity index (χ4n) is 2.34. The molecule has 1 rings (SSSR count). The summed E-state index contributed by atoms with van der Waals surface area (Å²) in [6, 6.07) is -2.09. The van der Waals surface area contributed by atoms with Crippen molar-refractivity contribution in [1.82, 2.24) is 16.0 Å². The van der Waals surface area contributed by atoms with Gasteiger partial charge in [0.05, 0.1) is 6.04 Å². The van der Waals surface area contributed by atoms with E-state index in [0.29, 0.717) is 6.42 Å². The summed E-state index contributed by atoms with van der Waals surface area (Å²) < 4.78 is 0. The minimum atomic E-state index is -1.08. The highest BCUT2D eigenvalue weighted by molar-refractivity contribution is 7.80. The normalized spacial score (nSPS) is 20.5. The minimum absolute atomic E-state index is 0.109. The zero-order valence-corrected chi connectivity index (χ0v) is 13.9. The summed E-state index contributed by atoms with van der Waals surface area (Å²) in [7, 11) is 0. The van der Waals surface area contributed by atoms with Gasteiger partial charge in [-0.05, 0) is 31.7 Å². The zero-order chi connectivity index (χ0) is 16.7. The number of carbonyl (C=O) groups is 3. The van der Waals surface area contributed by atoms with E-state index in [0.717, 1.165) is 19.4 Å².